The molecule has 0 aliphatic heterocycles. The normalized spacial score (nSPS) is 11.0. The Morgan fingerprint density at radius 2 is 2.00 bits per heavy atom. The van der Waals surface area contributed by atoms with Crippen LogP contribution in [0.5, 0.6) is 5.75 Å². The average molecular weight is 449 g/mol. The van der Waals surface area contributed by atoms with E-state index < -0.39 is 0 Å². The van der Waals surface area contributed by atoms with Crippen molar-refractivity contribution in [3.05, 3.63) is 65.3 Å². The van der Waals surface area contributed by atoms with Crippen molar-refractivity contribution in [1.82, 2.24) is 19.7 Å². The van der Waals surface area contributed by atoms with Gasteiger partial charge in [0.05, 0.1) is 17.7 Å². The summed E-state index contributed by atoms with van der Waals surface area (Å²) in [4.78, 5) is 17.2. The summed E-state index contributed by atoms with van der Waals surface area (Å²) in [5, 5.41) is 20.0. The van der Waals surface area contributed by atoms with Gasteiger partial charge in [-0.15, -0.1) is 0 Å². The third-order valence-electron chi connectivity index (χ3n) is 4.82. The lowest BCUT2D eigenvalue weighted by atomic mass is 10.2. The molecule has 2 aromatic carbocycles. The van der Waals surface area contributed by atoms with Crippen molar-refractivity contribution in [2.24, 2.45) is 0 Å². The lowest BCUT2D eigenvalue weighted by molar-refractivity contribution is -0.113. The second kappa shape index (κ2) is 9.27. The van der Waals surface area contributed by atoms with E-state index in [1.165, 1.54) is 11.8 Å². The molecular weight excluding hydrogens is 424 g/mol. The predicted octanol–water partition coefficient (Wildman–Crippen LogP) is 3.97. The third kappa shape index (κ3) is 4.52. The van der Waals surface area contributed by atoms with E-state index >= 15 is 0 Å². The van der Waals surface area contributed by atoms with Crippen LogP contribution in [0.25, 0.3) is 16.7 Å². The number of fused-ring (bicyclic) bond motifs is 1. The lowest BCUT2D eigenvalue weighted by Crippen LogP contribution is -2.23. The smallest absolute Gasteiger partial charge is 0.234 e. The summed E-state index contributed by atoms with van der Waals surface area (Å²) in [6, 6.07) is 15.1. The van der Waals surface area contributed by atoms with E-state index in [9.17, 15) is 4.79 Å². The molecule has 0 saturated heterocycles. The van der Waals surface area contributed by atoms with Crippen LogP contribution in [-0.2, 0) is 4.79 Å². The quantitative estimate of drug-likeness (QED) is 0.293. The van der Waals surface area contributed by atoms with Gasteiger partial charge in [0.1, 0.15) is 11.2 Å². The molecule has 4 rings (SSSR count). The second-order valence-electron chi connectivity index (χ2n) is 7.26. The van der Waals surface area contributed by atoms with Crippen LogP contribution in [0.2, 0.25) is 0 Å². The number of carbonyl (C=O) groups excluding carboxylic acids is 1. The zero-order valence-electron chi connectivity index (χ0n) is 18.1. The first-order chi connectivity index (χ1) is 15.5. The molecule has 164 valence electrons. The van der Waals surface area contributed by atoms with E-state index in [2.05, 4.69) is 20.5 Å². The summed E-state index contributed by atoms with van der Waals surface area (Å²) >= 11 is 1.26. The van der Waals surface area contributed by atoms with Gasteiger partial charge in [0, 0.05) is 17.1 Å². The molecule has 0 aliphatic carbocycles. The molecule has 0 radical (unpaired) electrons. The molecule has 2 heterocycles. The highest BCUT2D eigenvalue weighted by Gasteiger charge is 2.16. The van der Waals surface area contributed by atoms with Crippen LogP contribution < -0.4 is 15.5 Å². The molecular formula is C23H24N6O2S. The van der Waals surface area contributed by atoms with E-state index in [-0.39, 0.29) is 17.1 Å². The highest BCUT2D eigenvalue weighted by atomic mass is 32.2. The van der Waals surface area contributed by atoms with Crippen molar-refractivity contribution >= 4 is 34.4 Å². The number of benzene rings is 2. The number of hydrogen-bond donors (Lipinski definition) is 3. The van der Waals surface area contributed by atoms with Gasteiger partial charge in [-0.25, -0.2) is 4.98 Å². The number of aromatic nitrogens is 4. The molecule has 4 aromatic rings. The number of aromatic amines is 1. The molecule has 0 fully saturated rings. The summed E-state index contributed by atoms with van der Waals surface area (Å²) in [6.45, 7) is 6.35. The topological polar surface area (TPSA) is 109 Å². The SMILES string of the molecule is CCOc1ccc(-n2c(SCC(=O)Nc3cccc(C)c3)nc3n[nH]c(C)c3c2=N)cc1. The number of aryl methyl sites for hydroxylation is 2. The number of amides is 1. The third-order valence-corrected chi connectivity index (χ3v) is 5.76. The maximum absolute atomic E-state index is 12.6. The van der Waals surface area contributed by atoms with Gasteiger partial charge in [-0.3, -0.25) is 19.9 Å². The Labute approximate surface area is 189 Å². The first-order valence-electron chi connectivity index (χ1n) is 10.2. The van der Waals surface area contributed by atoms with Crippen LogP contribution in [0.3, 0.4) is 0 Å². The van der Waals surface area contributed by atoms with Crippen LogP contribution in [0.15, 0.2) is 53.7 Å². The van der Waals surface area contributed by atoms with Gasteiger partial charge in [0.2, 0.25) is 5.91 Å². The monoisotopic (exact) mass is 448 g/mol. The molecule has 0 bridgehead atoms. The van der Waals surface area contributed by atoms with Crippen LogP contribution in [0.4, 0.5) is 5.69 Å². The number of carbonyl (C=O) groups is 1. The van der Waals surface area contributed by atoms with Crippen molar-refractivity contribution in [3.8, 4) is 11.4 Å². The number of thioether (sulfide) groups is 1. The van der Waals surface area contributed by atoms with E-state index in [1.54, 1.807) is 4.57 Å². The first kappa shape index (κ1) is 21.6. The maximum Gasteiger partial charge on any atom is 0.234 e. The van der Waals surface area contributed by atoms with Crippen LogP contribution in [0.1, 0.15) is 18.2 Å². The molecule has 0 aliphatic rings. The van der Waals surface area contributed by atoms with Crippen molar-refractivity contribution < 1.29 is 9.53 Å². The number of ether oxygens (including phenoxy) is 1. The fourth-order valence-electron chi connectivity index (χ4n) is 3.37. The minimum atomic E-state index is -0.148. The molecule has 3 N–H and O–H groups in total. The van der Waals surface area contributed by atoms with Gasteiger partial charge in [0.25, 0.3) is 0 Å². The first-order valence-corrected chi connectivity index (χ1v) is 11.2. The van der Waals surface area contributed by atoms with E-state index in [0.717, 1.165) is 28.4 Å². The van der Waals surface area contributed by atoms with Crippen LogP contribution in [0, 0.1) is 19.3 Å². The molecule has 32 heavy (non-hydrogen) atoms. The summed E-state index contributed by atoms with van der Waals surface area (Å²) < 4.78 is 7.26. The van der Waals surface area contributed by atoms with Gasteiger partial charge < -0.3 is 10.1 Å². The van der Waals surface area contributed by atoms with Gasteiger partial charge in [-0.1, -0.05) is 23.9 Å². The Morgan fingerprint density at radius 3 is 2.72 bits per heavy atom. The van der Waals surface area contributed by atoms with Gasteiger partial charge in [0.15, 0.2) is 10.8 Å². The second-order valence-corrected chi connectivity index (χ2v) is 8.20. The van der Waals surface area contributed by atoms with Crippen molar-refractivity contribution in [1.29, 1.82) is 5.41 Å². The summed E-state index contributed by atoms with van der Waals surface area (Å²) in [7, 11) is 0. The van der Waals surface area contributed by atoms with Crippen LogP contribution in [-0.4, -0.2) is 38.0 Å². The summed E-state index contributed by atoms with van der Waals surface area (Å²) in [5.41, 5.74) is 4.07. The number of anilines is 1. The fourth-order valence-corrected chi connectivity index (χ4v) is 4.18. The van der Waals surface area contributed by atoms with E-state index in [4.69, 9.17) is 10.1 Å². The summed E-state index contributed by atoms with van der Waals surface area (Å²) in [6.07, 6.45) is 0. The fraction of sp³-hybridized carbons (Fsp3) is 0.217. The molecule has 2 aromatic heterocycles. The Hall–Kier alpha value is -3.59. The van der Waals surface area contributed by atoms with Crippen molar-refractivity contribution in [3.63, 3.8) is 0 Å². The number of rotatable bonds is 7. The zero-order valence-corrected chi connectivity index (χ0v) is 18.9. The number of H-pyrrole nitrogens is 1. The van der Waals surface area contributed by atoms with Gasteiger partial charge in [-0.2, -0.15) is 5.10 Å². The number of nitrogens with one attached hydrogen (secondary N) is 3. The highest BCUT2D eigenvalue weighted by molar-refractivity contribution is 7.99. The zero-order chi connectivity index (χ0) is 22.7. The molecule has 0 saturated carbocycles. The lowest BCUT2D eigenvalue weighted by Gasteiger charge is -2.14. The van der Waals surface area contributed by atoms with Crippen LogP contribution >= 0.6 is 11.8 Å². The molecule has 8 nitrogen and oxygen atoms in total. The standard InChI is InChI=1S/C23H24N6O2S/c1-4-31-18-10-8-17(9-11-18)29-21(24)20-15(3)27-28-22(20)26-23(29)32-13-19(30)25-16-7-5-6-14(2)12-16/h5-12,24H,4,13H2,1-3H3,(H,25,30)(H,27,28). The summed E-state index contributed by atoms with van der Waals surface area (Å²) in [5.74, 6) is 0.751. The Balaban J connectivity index is 1.66. The van der Waals surface area contributed by atoms with Crippen molar-refractivity contribution in [2.75, 3.05) is 17.7 Å². The Morgan fingerprint density at radius 1 is 1.22 bits per heavy atom. The van der Waals surface area contributed by atoms with Gasteiger partial charge in [-0.05, 0) is 62.7 Å². The largest absolute Gasteiger partial charge is 0.494 e. The van der Waals surface area contributed by atoms with E-state index in [0.29, 0.717) is 22.8 Å². The molecule has 9 heteroatoms. The minimum Gasteiger partial charge on any atom is -0.494 e. The number of nitrogens with zero attached hydrogens (tertiary/aromatic N) is 3. The average Bonchev–Trinajstić information content (AvgIpc) is 3.14. The minimum absolute atomic E-state index is 0.145. The Kier molecular flexibility index (Phi) is 6.27. The molecule has 0 spiro atoms. The van der Waals surface area contributed by atoms with E-state index in [1.807, 2.05) is 69.3 Å². The van der Waals surface area contributed by atoms with Gasteiger partial charge >= 0.3 is 0 Å². The highest BCUT2D eigenvalue weighted by Crippen LogP contribution is 2.23. The number of hydrogen-bond acceptors (Lipinski definition) is 6. The Bertz CT molecular complexity index is 1330. The molecule has 1 amide bonds. The van der Waals surface area contributed by atoms with Crippen molar-refractivity contribution in [2.45, 2.75) is 25.9 Å². The predicted molar refractivity (Wildman–Crippen MR) is 126 cm³/mol. The molecule has 0 atom stereocenters. The molecule has 0 unspecified atom stereocenters. The maximum atomic E-state index is 12.6.